The van der Waals surface area contributed by atoms with Crippen molar-refractivity contribution in [3.05, 3.63) is 84.6 Å². The third-order valence-electron chi connectivity index (χ3n) is 3.88. The van der Waals surface area contributed by atoms with Gasteiger partial charge >= 0.3 is 0 Å². The zero-order chi connectivity index (χ0) is 16.4. The Kier molecular flexibility index (Phi) is 3.63. The molecule has 116 valence electrons. The lowest BCUT2D eigenvalue weighted by Crippen LogP contribution is -2.01. The molecule has 4 rings (SSSR count). The van der Waals surface area contributed by atoms with Crippen molar-refractivity contribution in [2.24, 2.45) is 0 Å². The number of pyridine rings is 1. The van der Waals surface area contributed by atoms with E-state index in [4.69, 9.17) is 0 Å². The number of hydrogen-bond acceptors (Lipinski definition) is 3. The van der Waals surface area contributed by atoms with Gasteiger partial charge in [-0.3, -0.25) is 9.55 Å². The number of aryl methyl sites for hydroxylation is 1. The van der Waals surface area contributed by atoms with E-state index >= 15 is 0 Å². The lowest BCUT2D eigenvalue weighted by molar-refractivity contribution is 1.06. The van der Waals surface area contributed by atoms with Crippen LogP contribution in [0.2, 0.25) is 0 Å². The van der Waals surface area contributed by atoms with Gasteiger partial charge in [0.15, 0.2) is 11.6 Å². The summed E-state index contributed by atoms with van der Waals surface area (Å²) in [6.07, 6.45) is 1.77. The fraction of sp³-hybridized carbons (Fsp3) is 0.0500. The summed E-state index contributed by atoms with van der Waals surface area (Å²) in [7, 11) is 0. The highest BCUT2D eigenvalue weighted by Crippen LogP contribution is 2.27. The van der Waals surface area contributed by atoms with Crippen molar-refractivity contribution in [1.29, 1.82) is 0 Å². The average molecular weight is 312 g/mol. The summed E-state index contributed by atoms with van der Waals surface area (Å²) in [5.41, 5.74) is 4.06. The summed E-state index contributed by atoms with van der Waals surface area (Å²) in [5.74, 6) is 1.54. The second-order valence-electron chi connectivity index (χ2n) is 5.60. The van der Waals surface area contributed by atoms with E-state index in [-0.39, 0.29) is 0 Å². The second-order valence-corrected chi connectivity index (χ2v) is 5.60. The molecular formula is C20H16N4. The van der Waals surface area contributed by atoms with E-state index in [9.17, 15) is 0 Å². The molecule has 4 heteroatoms. The van der Waals surface area contributed by atoms with Crippen molar-refractivity contribution in [3.8, 4) is 28.6 Å². The van der Waals surface area contributed by atoms with Gasteiger partial charge in [0.05, 0.1) is 0 Å². The van der Waals surface area contributed by atoms with Gasteiger partial charge in [-0.2, -0.15) is 0 Å². The van der Waals surface area contributed by atoms with Crippen LogP contribution in [0.3, 0.4) is 0 Å². The first kappa shape index (κ1) is 14.3. The van der Waals surface area contributed by atoms with Crippen LogP contribution in [-0.4, -0.2) is 19.7 Å². The maximum absolute atomic E-state index is 4.44. The fourth-order valence-electron chi connectivity index (χ4n) is 2.66. The van der Waals surface area contributed by atoms with Gasteiger partial charge in [0, 0.05) is 17.4 Å². The monoisotopic (exact) mass is 312 g/mol. The van der Waals surface area contributed by atoms with Gasteiger partial charge in [0.1, 0.15) is 5.69 Å². The van der Waals surface area contributed by atoms with Gasteiger partial charge in [-0.15, -0.1) is 10.2 Å². The van der Waals surface area contributed by atoms with Crippen LogP contribution in [0.25, 0.3) is 28.6 Å². The Morgan fingerprint density at radius 2 is 1.42 bits per heavy atom. The first-order chi connectivity index (χ1) is 11.8. The molecule has 24 heavy (non-hydrogen) atoms. The van der Waals surface area contributed by atoms with Gasteiger partial charge in [0.25, 0.3) is 0 Å². The van der Waals surface area contributed by atoms with Crippen LogP contribution in [-0.2, 0) is 0 Å². The highest BCUT2D eigenvalue weighted by Gasteiger charge is 2.17. The first-order valence-electron chi connectivity index (χ1n) is 7.82. The molecule has 0 aliphatic heterocycles. The Morgan fingerprint density at radius 3 is 2.12 bits per heavy atom. The first-order valence-corrected chi connectivity index (χ1v) is 7.82. The van der Waals surface area contributed by atoms with Crippen molar-refractivity contribution in [1.82, 2.24) is 19.7 Å². The minimum absolute atomic E-state index is 0.734. The number of benzene rings is 2. The molecule has 0 bridgehead atoms. The van der Waals surface area contributed by atoms with E-state index < -0.39 is 0 Å². The highest BCUT2D eigenvalue weighted by atomic mass is 15.3. The zero-order valence-electron chi connectivity index (χ0n) is 13.3. The molecule has 0 aliphatic rings. The molecular weight excluding hydrogens is 296 g/mol. The standard InChI is InChI=1S/C20H16N4/c1-15-10-12-16(13-11-15)19-22-23-20(18-9-5-6-14-21-18)24(19)17-7-3-2-4-8-17/h2-14H,1H3. The van der Waals surface area contributed by atoms with E-state index in [2.05, 4.69) is 46.4 Å². The SMILES string of the molecule is Cc1ccc(-c2nnc(-c3ccccn3)n2-c2ccccc2)cc1. The topological polar surface area (TPSA) is 43.6 Å². The number of nitrogens with zero attached hydrogens (tertiary/aromatic N) is 4. The summed E-state index contributed by atoms with van der Waals surface area (Å²) in [6.45, 7) is 2.07. The molecule has 0 saturated heterocycles. The largest absolute Gasteiger partial charge is 0.274 e. The van der Waals surface area contributed by atoms with Gasteiger partial charge in [-0.05, 0) is 31.2 Å². The van der Waals surface area contributed by atoms with E-state index in [1.54, 1.807) is 6.20 Å². The minimum atomic E-state index is 0.734. The number of hydrogen-bond donors (Lipinski definition) is 0. The quantitative estimate of drug-likeness (QED) is 0.566. The molecule has 0 fully saturated rings. The van der Waals surface area contributed by atoms with Gasteiger partial charge in [-0.1, -0.05) is 54.1 Å². The van der Waals surface area contributed by atoms with Crippen LogP contribution < -0.4 is 0 Å². The van der Waals surface area contributed by atoms with Crippen LogP contribution in [0.1, 0.15) is 5.56 Å². The van der Waals surface area contributed by atoms with E-state index in [0.717, 1.165) is 28.6 Å². The summed E-state index contributed by atoms with van der Waals surface area (Å²) in [6, 6.07) is 24.2. The van der Waals surface area contributed by atoms with E-state index in [1.807, 2.05) is 53.1 Å². The predicted molar refractivity (Wildman–Crippen MR) is 94.8 cm³/mol. The zero-order valence-corrected chi connectivity index (χ0v) is 13.3. The van der Waals surface area contributed by atoms with E-state index in [1.165, 1.54) is 5.56 Å². The van der Waals surface area contributed by atoms with E-state index in [0.29, 0.717) is 0 Å². The number of rotatable bonds is 3. The average Bonchev–Trinajstić information content (AvgIpc) is 3.09. The molecule has 0 spiro atoms. The molecule has 4 aromatic rings. The van der Waals surface area contributed by atoms with Crippen LogP contribution in [0.15, 0.2) is 79.0 Å². The normalized spacial score (nSPS) is 10.7. The lowest BCUT2D eigenvalue weighted by atomic mass is 10.1. The van der Waals surface area contributed by atoms with Crippen LogP contribution >= 0.6 is 0 Å². The molecule has 2 aromatic carbocycles. The summed E-state index contributed by atoms with van der Waals surface area (Å²) in [4.78, 5) is 4.43. The molecule has 2 heterocycles. The molecule has 2 aromatic heterocycles. The molecule has 0 amide bonds. The Balaban J connectivity index is 1.95. The molecule has 0 aliphatic carbocycles. The number of aromatic nitrogens is 4. The third kappa shape index (κ3) is 2.58. The summed E-state index contributed by atoms with van der Waals surface area (Å²) in [5, 5.41) is 8.85. The Morgan fingerprint density at radius 1 is 0.708 bits per heavy atom. The smallest absolute Gasteiger partial charge is 0.187 e. The number of para-hydroxylation sites is 1. The van der Waals surface area contributed by atoms with Gasteiger partial charge in [-0.25, -0.2) is 0 Å². The maximum atomic E-state index is 4.44. The molecule has 4 nitrogen and oxygen atoms in total. The molecule has 0 radical (unpaired) electrons. The van der Waals surface area contributed by atoms with Crippen molar-refractivity contribution in [3.63, 3.8) is 0 Å². The maximum Gasteiger partial charge on any atom is 0.187 e. The Bertz CT molecular complexity index is 942. The van der Waals surface area contributed by atoms with Crippen molar-refractivity contribution >= 4 is 0 Å². The van der Waals surface area contributed by atoms with Crippen LogP contribution in [0.4, 0.5) is 0 Å². The van der Waals surface area contributed by atoms with Crippen molar-refractivity contribution in [2.75, 3.05) is 0 Å². The van der Waals surface area contributed by atoms with Crippen LogP contribution in [0.5, 0.6) is 0 Å². The van der Waals surface area contributed by atoms with Crippen molar-refractivity contribution in [2.45, 2.75) is 6.92 Å². The highest BCUT2D eigenvalue weighted by molar-refractivity contribution is 5.65. The fourth-order valence-corrected chi connectivity index (χ4v) is 2.66. The Labute approximate surface area is 140 Å². The lowest BCUT2D eigenvalue weighted by Gasteiger charge is -2.10. The van der Waals surface area contributed by atoms with Crippen LogP contribution in [0, 0.1) is 6.92 Å². The Hall–Kier alpha value is -3.27. The van der Waals surface area contributed by atoms with Gasteiger partial charge in [0.2, 0.25) is 0 Å². The molecule has 0 atom stereocenters. The van der Waals surface area contributed by atoms with Crippen molar-refractivity contribution < 1.29 is 0 Å². The minimum Gasteiger partial charge on any atom is -0.274 e. The summed E-state index contributed by atoms with van der Waals surface area (Å²) >= 11 is 0. The second kappa shape index (κ2) is 6.08. The molecule has 0 unspecified atom stereocenters. The third-order valence-corrected chi connectivity index (χ3v) is 3.88. The van der Waals surface area contributed by atoms with Gasteiger partial charge < -0.3 is 0 Å². The summed E-state index contributed by atoms with van der Waals surface area (Å²) < 4.78 is 2.05. The molecule has 0 N–H and O–H groups in total. The molecule has 0 saturated carbocycles. The predicted octanol–water partition coefficient (Wildman–Crippen LogP) is 4.30.